The van der Waals surface area contributed by atoms with E-state index in [0.29, 0.717) is 11.3 Å². The van der Waals surface area contributed by atoms with Crippen LogP contribution in [0.25, 0.3) is 0 Å². The van der Waals surface area contributed by atoms with Crippen molar-refractivity contribution in [1.82, 2.24) is 4.98 Å². The molecule has 0 saturated heterocycles. The first-order valence-electron chi connectivity index (χ1n) is 12.1. The van der Waals surface area contributed by atoms with Crippen LogP contribution < -0.4 is 14.2 Å². The van der Waals surface area contributed by atoms with E-state index in [1.54, 1.807) is 19.9 Å². The molecule has 0 N–H and O–H groups in total. The van der Waals surface area contributed by atoms with E-state index < -0.39 is 40.8 Å². The fourth-order valence-electron chi connectivity index (χ4n) is 3.83. The van der Waals surface area contributed by atoms with Crippen molar-refractivity contribution in [2.75, 3.05) is 14.2 Å². The first kappa shape index (κ1) is 29.6. The molecule has 8 nitrogen and oxygen atoms in total. The Hall–Kier alpha value is -3.92. The molecule has 0 aliphatic heterocycles. The summed E-state index contributed by atoms with van der Waals surface area (Å²) in [6, 6.07) is 15.2. The lowest BCUT2D eigenvalue weighted by molar-refractivity contribution is -0.152. The molecule has 1 heterocycles. The van der Waals surface area contributed by atoms with Gasteiger partial charge in [-0.05, 0) is 25.1 Å². The molecule has 0 aliphatic rings. The molecule has 0 aliphatic carbocycles. The predicted octanol–water partition coefficient (Wildman–Crippen LogP) is 5.84. The Bertz CT molecular complexity index is 1320. The lowest BCUT2D eigenvalue weighted by atomic mass is 10.0. The van der Waals surface area contributed by atoms with E-state index >= 15 is 0 Å². The van der Waals surface area contributed by atoms with Crippen molar-refractivity contribution < 1.29 is 37.7 Å². The third-order valence-electron chi connectivity index (χ3n) is 5.73. The quantitative estimate of drug-likeness (QED) is 0.155. The zero-order chi connectivity index (χ0) is 28.5. The SMILES string of the molecule is COc1cc(F)ccc1[C@@H](Sc1ccccc1)[C@H](C)OC(=O)[C@H](C)CC(=O)c1nccc(OC)c1OC(C)=O. The molecule has 39 heavy (non-hydrogen) atoms. The van der Waals surface area contributed by atoms with Gasteiger partial charge in [-0.25, -0.2) is 9.37 Å². The minimum atomic E-state index is -0.837. The van der Waals surface area contributed by atoms with Gasteiger partial charge in [-0.15, -0.1) is 11.8 Å². The van der Waals surface area contributed by atoms with Crippen molar-refractivity contribution in [1.29, 1.82) is 0 Å². The second kappa shape index (κ2) is 13.7. The number of hydrogen-bond donors (Lipinski definition) is 0. The number of aromatic nitrogens is 1. The van der Waals surface area contributed by atoms with Crippen LogP contribution in [0.15, 0.2) is 65.7 Å². The summed E-state index contributed by atoms with van der Waals surface area (Å²) in [5.74, 6) is -2.65. The number of carbonyl (C=O) groups excluding carboxylic acids is 3. The molecule has 206 valence electrons. The molecule has 2 aromatic carbocycles. The Balaban J connectivity index is 1.80. The Morgan fingerprint density at radius 2 is 1.67 bits per heavy atom. The molecule has 0 bridgehead atoms. The third kappa shape index (κ3) is 7.79. The van der Waals surface area contributed by atoms with Crippen LogP contribution in [-0.4, -0.2) is 43.0 Å². The Morgan fingerprint density at radius 1 is 0.974 bits per heavy atom. The number of rotatable bonds is 12. The molecular formula is C29H30FNO7S. The maximum absolute atomic E-state index is 13.9. The van der Waals surface area contributed by atoms with Gasteiger partial charge in [-0.2, -0.15) is 0 Å². The molecule has 0 fully saturated rings. The summed E-state index contributed by atoms with van der Waals surface area (Å²) in [6.07, 6.45) is 0.438. The molecule has 1 aromatic heterocycles. The number of hydrogen-bond acceptors (Lipinski definition) is 9. The van der Waals surface area contributed by atoms with E-state index in [1.807, 2.05) is 30.3 Å². The lowest BCUT2D eigenvalue weighted by Crippen LogP contribution is -2.26. The Morgan fingerprint density at radius 3 is 2.31 bits per heavy atom. The molecule has 0 amide bonds. The number of methoxy groups -OCH3 is 2. The average molecular weight is 556 g/mol. The van der Waals surface area contributed by atoms with Crippen LogP contribution in [0.2, 0.25) is 0 Å². The van der Waals surface area contributed by atoms with Gasteiger partial charge >= 0.3 is 11.9 Å². The van der Waals surface area contributed by atoms with Gasteiger partial charge in [-0.1, -0.05) is 31.2 Å². The molecule has 0 unspecified atom stereocenters. The van der Waals surface area contributed by atoms with Crippen molar-refractivity contribution in [3.8, 4) is 17.2 Å². The highest BCUT2D eigenvalue weighted by atomic mass is 32.2. The van der Waals surface area contributed by atoms with Gasteiger partial charge in [0.1, 0.15) is 17.7 Å². The van der Waals surface area contributed by atoms with Crippen LogP contribution in [0.4, 0.5) is 4.39 Å². The summed E-state index contributed by atoms with van der Waals surface area (Å²) in [6.45, 7) is 4.50. The maximum Gasteiger partial charge on any atom is 0.309 e. The van der Waals surface area contributed by atoms with Crippen LogP contribution in [0.1, 0.15) is 48.5 Å². The van der Waals surface area contributed by atoms with Gasteiger partial charge in [0.15, 0.2) is 17.2 Å². The van der Waals surface area contributed by atoms with E-state index in [-0.39, 0.29) is 23.6 Å². The number of esters is 2. The van der Waals surface area contributed by atoms with Gasteiger partial charge in [0.25, 0.3) is 0 Å². The minimum Gasteiger partial charge on any atom is -0.496 e. The third-order valence-corrected chi connectivity index (χ3v) is 7.16. The van der Waals surface area contributed by atoms with Crippen molar-refractivity contribution in [3.05, 3.63) is 77.9 Å². The first-order valence-corrected chi connectivity index (χ1v) is 13.0. The maximum atomic E-state index is 13.9. The highest BCUT2D eigenvalue weighted by molar-refractivity contribution is 7.99. The highest BCUT2D eigenvalue weighted by Gasteiger charge is 2.30. The molecule has 3 rings (SSSR count). The number of nitrogens with zero attached hydrogens (tertiary/aromatic N) is 1. The lowest BCUT2D eigenvalue weighted by Gasteiger charge is -2.26. The van der Waals surface area contributed by atoms with Gasteiger partial charge in [0.2, 0.25) is 5.75 Å². The van der Waals surface area contributed by atoms with Crippen LogP contribution in [0, 0.1) is 11.7 Å². The van der Waals surface area contributed by atoms with E-state index in [9.17, 15) is 18.8 Å². The van der Waals surface area contributed by atoms with Crippen molar-refractivity contribution in [2.24, 2.45) is 5.92 Å². The van der Waals surface area contributed by atoms with Gasteiger partial charge < -0.3 is 18.9 Å². The zero-order valence-corrected chi connectivity index (χ0v) is 23.1. The van der Waals surface area contributed by atoms with Crippen molar-refractivity contribution >= 4 is 29.5 Å². The summed E-state index contributed by atoms with van der Waals surface area (Å²) in [7, 11) is 2.82. The van der Waals surface area contributed by atoms with Gasteiger partial charge in [0, 0.05) is 42.1 Å². The van der Waals surface area contributed by atoms with E-state index in [2.05, 4.69) is 4.98 Å². The summed E-state index contributed by atoms with van der Waals surface area (Å²) >= 11 is 1.44. The first-order chi connectivity index (χ1) is 18.6. The van der Waals surface area contributed by atoms with E-state index in [4.69, 9.17) is 18.9 Å². The van der Waals surface area contributed by atoms with Crippen LogP contribution >= 0.6 is 11.8 Å². The average Bonchev–Trinajstić information content (AvgIpc) is 2.92. The summed E-state index contributed by atoms with van der Waals surface area (Å²) < 4.78 is 35.5. The minimum absolute atomic E-state index is 0.103. The largest absolute Gasteiger partial charge is 0.496 e. The number of halogens is 1. The summed E-state index contributed by atoms with van der Waals surface area (Å²) in [4.78, 5) is 42.7. The van der Waals surface area contributed by atoms with Crippen molar-refractivity contribution in [3.63, 3.8) is 0 Å². The van der Waals surface area contributed by atoms with Crippen LogP contribution in [0.5, 0.6) is 17.2 Å². The number of pyridine rings is 1. The number of Topliss-reactive ketones (excluding diaryl/α,β-unsaturated/α-hetero) is 1. The fraction of sp³-hybridized carbons (Fsp3) is 0.310. The van der Waals surface area contributed by atoms with Gasteiger partial charge in [-0.3, -0.25) is 14.4 Å². The second-order valence-electron chi connectivity index (χ2n) is 8.69. The molecule has 0 saturated carbocycles. The molecule has 0 radical (unpaired) electrons. The number of ether oxygens (including phenoxy) is 4. The number of benzene rings is 2. The Labute approximate surface area is 230 Å². The monoisotopic (exact) mass is 555 g/mol. The van der Waals surface area contributed by atoms with Gasteiger partial charge in [0.05, 0.1) is 25.4 Å². The normalized spacial score (nSPS) is 13.1. The predicted molar refractivity (Wildman–Crippen MR) is 144 cm³/mol. The molecule has 0 spiro atoms. The summed E-state index contributed by atoms with van der Waals surface area (Å²) in [5, 5.41) is -0.439. The van der Waals surface area contributed by atoms with Crippen LogP contribution in [0.3, 0.4) is 0 Å². The molecule has 3 atom stereocenters. The molecular weight excluding hydrogens is 525 g/mol. The summed E-state index contributed by atoms with van der Waals surface area (Å²) in [5.41, 5.74) is 0.536. The molecule has 3 aromatic rings. The number of ketones is 1. The highest BCUT2D eigenvalue weighted by Crippen LogP contribution is 2.43. The smallest absolute Gasteiger partial charge is 0.309 e. The van der Waals surface area contributed by atoms with Crippen molar-refractivity contribution in [2.45, 2.75) is 43.4 Å². The van der Waals surface area contributed by atoms with E-state index in [1.165, 1.54) is 57.3 Å². The van der Waals surface area contributed by atoms with E-state index in [0.717, 1.165) is 4.90 Å². The fourth-order valence-corrected chi connectivity index (χ4v) is 5.01. The standard InChI is InChI=1S/C29H30FNO7S/c1-17(15-23(33)26-27(38-19(3)32)24(35-4)13-14-31-26)29(34)37-18(2)28(39-21-9-7-6-8-10-21)22-12-11-20(30)16-25(22)36-5/h6-14,16-18,28H,15H2,1-5H3/t17-,18+,28+/m1/s1. The molecule has 10 heteroatoms. The number of carbonyl (C=O) groups is 3. The van der Waals surface area contributed by atoms with Crippen LogP contribution in [-0.2, 0) is 14.3 Å². The number of thioether (sulfide) groups is 1. The zero-order valence-electron chi connectivity index (χ0n) is 22.3. The topological polar surface area (TPSA) is 101 Å². The second-order valence-corrected chi connectivity index (χ2v) is 9.91. The Kier molecular flexibility index (Phi) is 10.4.